The molecule has 0 amide bonds. The quantitative estimate of drug-likeness (QED) is 0.519. The van der Waals surface area contributed by atoms with E-state index in [0.717, 1.165) is 29.0 Å². The Kier molecular flexibility index (Phi) is 5.53. The van der Waals surface area contributed by atoms with Crippen molar-refractivity contribution in [2.24, 2.45) is 0 Å². The van der Waals surface area contributed by atoms with E-state index in [1.165, 1.54) is 12.1 Å². The zero-order valence-electron chi connectivity index (χ0n) is 13.8. The Labute approximate surface area is 151 Å². The molecule has 1 heterocycles. The molecule has 1 aromatic carbocycles. The van der Waals surface area contributed by atoms with Gasteiger partial charge < -0.3 is 10.4 Å². The highest BCUT2D eigenvalue weighted by molar-refractivity contribution is 5.94. The second-order valence-electron chi connectivity index (χ2n) is 5.50. The third-order valence-corrected chi connectivity index (χ3v) is 3.70. The van der Waals surface area contributed by atoms with Gasteiger partial charge >= 0.3 is 12.1 Å². The van der Waals surface area contributed by atoms with Gasteiger partial charge in [0.2, 0.25) is 0 Å². The number of para-hydroxylation sites is 1. The number of aromatic carboxylic acids is 1. The number of carboxylic acid groups (broad SMARTS) is 1. The first kappa shape index (κ1) is 20.0. The van der Waals surface area contributed by atoms with Gasteiger partial charge in [0.1, 0.15) is 11.3 Å². The SMILES string of the molecule is C=CC(=C)n1cc(F)cc(C(Nc2ccccc2C(=O)O)C(F)(F)F)c1=N. The number of benzene rings is 1. The lowest BCUT2D eigenvalue weighted by Gasteiger charge is -2.25. The maximum Gasteiger partial charge on any atom is 0.412 e. The number of hydrogen-bond acceptors (Lipinski definition) is 3. The number of aromatic nitrogens is 1. The summed E-state index contributed by atoms with van der Waals surface area (Å²) in [5.41, 5.74) is -2.09. The van der Waals surface area contributed by atoms with Crippen molar-refractivity contribution < 1.29 is 27.5 Å². The maximum atomic E-state index is 13.9. The fourth-order valence-electron chi connectivity index (χ4n) is 2.41. The third kappa shape index (κ3) is 4.25. The van der Waals surface area contributed by atoms with E-state index in [9.17, 15) is 22.4 Å². The van der Waals surface area contributed by atoms with Gasteiger partial charge in [-0.3, -0.25) is 9.98 Å². The Balaban J connectivity index is 2.65. The first-order valence-corrected chi connectivity index (χ1v) is 7.50. The van der Waals surface area contributed by atoms with E-state index in [-0.39, 0.29) is 11.4 Å². The summed E-state index contributed by atoms with van der Waals surface area (Å²) < 4.78 is 55.8. The molecule has 0 fully saturated rings. The second kappa shape index (κ2) is 7.48. The predicted molar refractivity (Wildman–Crippen MR) is 91.6 cm³/mol. The molecule has 5 nitrogen and oxygen atoms in total. The minimum absolute atomic E-state index is 0.00705. The van der Waals surface area contributed by atoms with Gasteiger partial charge in [-0.15, -0.1) is 0 Å². The van der Waals surface area contributed by atoms with E-state index >= 15 is 0 Å². The Morgan fingerprint density at radius 2 is 1.96 bits per heavy atom. The highest BCUT2D eigenvalue weighted by atomic mass is 19.4. The molecule has 27 heavy (non-hydrogen) atoms. The van der Waals surface area contributed by atoms with Crippen LogP contribution < -0.4 is 10.8 Å². The third-order valence-electron chi connectivity index (χ3n) is 3.70. The molecular weight excluding hydrogens is 366 g/mol. The maximum absolute atomic E-state index is 13.9. The number of carbonyl (C=O) groups is 1. The zero-order valence-corrected chi connectivity index (χ0v) is 13.8. The van der Waals surface area contributed by atoms with Gasteiger partial charge in [-0.2, -0.15) is 13.2 Å². The standard InChI is InChI=1S/C18H15F4N3O2/c1-3-10(2)25-9-11(19)8-13(16(25)23)15(18(20,21)22)24-14-7-5-4-6-12(14)17(26)27/h3-9,15,23-24H,1-2H2,(H,26,27). The van der Waals surface area contributed by atoms with E-state index < -0.39 is 40.6 Å². The molecule has 1 aromatic heterocycles. The number of carboxylic acids is 1. The van der Waals surface area contributed by atoms with Gasteiger partial charge in [-0.1, -0.05) is 25.3 Å². The summed E-state index contributed by atoms with van der Waals surface area (Å²) in [7, 11) is 0. The fourth-order valence-corrected chi connectivity index (χ4v) is 2.41. The molecule has 0 aliphatic rings. The van der Waals surface area contributed by atoms with Crippen LogP contribution in [0, 0.1) is 11.2 Å². The molecule has 142 valence electrons. The largest absolute Gasteiger partial charge is 0.478 e. The minimum atomic E-state index is -4.94. The van der Waals surface area contributed by atoms with Crippen molar-refractivity contribution in [1.29, 1.82) is 5.41 Å². The summed E-state index contributed by atoms with van der Waals surface area (Å²) in [4.78, 5) is 11.2. The number of nitrogens with one attached hydrogen (secondary N) is 2. The van der Waals surface area contributed by atoms with Gasteiger partial charge in [0, 0.05) is 23.1 Å². The summed E-state index contributed by atoms with van der Waals surface area (Å²) in [5.74, 6) is -2.45. The molecule has 0 spiro atoms. The molecule has 2 aromatic rings. The normalized spacial score (nSPS) is 12.3. The van der Waals surface area contributed by atoms with Crippen LogP contribution >= 0.6 is 0 Å². The molecule has 0 saturated heterocycles. The van der Waals surface area contributed by atoms with Crippen molar-refractivity contribution in [2.45, 2.75) is 12.2 Å². The number of alkyl halides is 3. The first-order chi connectivity index (χ1) is 12.6. The molecule has 0 bridgehead atoms. The first-order valence-electron chi connectivity index (χ1n) is 7.50. The van der Waals surface area contributed by atoms with Gasteiger partial charge in [0.05, 0.1) is 5.56 Å². The van der Waals surface area contributed by atoms with Crippen molar-refractivity contribution in [3.63, 3.8) is 0 Å². The number of allylic oxidation sites excluding steroid dienone is 2. The molecule has 0 saturated carbocycles. The Morgan fingerprint density at radius 3 is 2.52 bits per heavy atom. The van der Waals surface area contributed by atoms with Gasteiger partial charge in [0.15, 0.2) is 6.04 Å². The van der Waals surface area contributed by atoms with Crippen LogP contribution in [0.3, 0.4) is 0 Å². The summed E-state index contributed by atoms with van der Waals surface area (Å²) in [6.07, 6.45) is -2.96. The van der Waals surface area contributed by atoms with Gasteiger partial charge in [-0.25, -0.2) is 9.18 Å². The molecule has 0 aliphatic carbocycles. The predicted octanol–water partition coefficient (Wildman–Crippen LogP) is 4.18. The second-order valence-corrected chi connectivity index (χ2v) is 5.50. The molecule has 3 N–H and O–H groups in total. The van der Waals surface area contributed by atoms with Crippen LogP contribution in [0.4, 0.5) is 23.2 Å². The van der Waals surface area contributed by atoms with Crippen molar-refractivity contribution in [3.8, 4) is 0 Å². The number of pyridine rings is 1. The van der Waals surface area contributed by atoms with Crippen LogP contribution in [0.15, 0.2) is 55.8 Å². The van der Waals surface area contributed by atoms with E-state index in [1.807, 2.05) is 0 Å². The molecule has 1 atom stereocenters. The molecule has 1 unspecified atom stereocenters. The summed E-state index contributed by atoms with van der Waals surface area (Å²) in [5, 5.41) is 19.3. The summed E-state index contributed by atoms with van der Waals surface area (Å²) >= 11 is 0. The lowest BCUT2D eigenvalue weighted by atomic mass is 10.1. The Bertz CT molecular complexity index is 964. The van der Waals surface area contributed by atoms with Crippen LogP contribution in [-0.2, 0) is 0 Å². The fraction of sp³-hybridized carbons (Fsp3) is 0.111. The van der Waals surface area contributed by atoms with Crippen LogP contribution in [0.25, 0.3) is 5.70 Å². The number of hydrogen-bond donors (Lipinski definition) is 3. The minimum Gasteiger partial charge on any atom is -0.478 e. The van der Waals surface area contributed by atoms with Crippen LogP contribution in [0.1, 0.15) is 22.0 Å². The monoisotopic (exact) mass is 381 g/mol. The van der Waals surface area contributed by atoms with Crippen molar-refractivity contribution in [1.82, 2.24) is 4.57 Å². The smallest absolute Gasteiger partial charge is 0.412 e. The number of anilines is 1. The highest BCUT2D eigenvalue weighted by Crippen LogP contribution is 2.35. The highest BCUT2D eigenvalue weighted by Gasteiger charge is 2.42. The molecule has 0 radical (unpaired) electrons. The number of rotatable bonds is 6. The lowest BCUT2D eigenvalue weighted by molar-refractivity contribution is -0.144. The lowest BCUT2D eigenvalue weighted by Crippen LogP contribution is -2.35. The van der Waals surface area contributed by atoms with Crippen molar-refractivity contribution in [3.05, 3.63) is 78.2 Å². The van der Waals surface area contributed by atoms with Crippen LogP contribution in [-0.4, -0.2) is 21.8 Å². The van der Waals surface area contributed by atoms with Gasteiger partial charge in [-0.05, 0) is 24.3 Å². The van der Waals surface area contributed by atoms with Crippen molar-refractivity contribution >= 4 is 17.4 Å². The van der Waals surface area contributed by atoms with E-state index in [1.54, 1.807) is 0 Å². The Hall–Kier alpha value is -3.36. The number of nitrogens with zero attached hydrogens (tertiary/aromatic N) is 1. The zero-order chi connectivity index (χ0) is 20.4. The van der Waals surface area contributed by atoms with Crippen LogP contribution in [0.5, 0.6) is 0 Å². The van der Waals surface area contributed by atoms with E-state index in [4.69, 9.17) is 10.5 Å². The Morgan fingerprint density at radius 1 is 1.33 bits per heavy atom. The molecule has 2 rings (SSSR count). The number of halogens is 4. The molecule has 9 heteroatoms. The average molecular weight is 381 g/mol. The average Bonchev–Trinajstić information content (AvgIpc) is 2.60. The molecule has 0 aliphatic heterocycles. The van der Waals surface area contributed by atoms with E-state index in [2.05, 4.69) is 18.5 Å². The topological polar surface area (TPSA) is 78.1 Å². The van der Waals surface area contributed by atoms with Crippen molar-refractivity contribution in [2.75, 3.05) is 5.32 Å². The summed E-state index contributed by atoms with van der Waals surface area (Å²) in [6.45, 7) is 6.91. The van der Waals surface area contributed by atoms with E-state index in [0.29, 0.717) is 6.07 Å². The van der Waals surface area contributed by atoms with Crippen LogP contribution in [0.2, 0.25) is 0 Å². The summed E-state index contributed by atoms with van der Waals surface area (Å²) in [6, 6.07) is 3.05. The molecular formula is C18H15F4N3O2. The van der Waals surface area contributed by atoms with Gasteiger partial charge in [0.25, 0.3) is 0 Å².